The van der Waals surface area contributed by atoms with Crippen molar-refractivity contribution in [1.29, 1.82) is 0 Å². The molecule has 1 aromatic heterocycles. The molecule has 3 aromatic rings. The van der Waals surface area contributed by atoms with Crippen molar-refractivity contribution in [3.8, 4) is 5.69 Å². The monoisotopic (exact) mass is 339 g/mol. The summed E-state index contributed by atoms with van der Waals surface area (Å²) in [5.41, 5.74) is 1.74. The second-order valence-electron chi connectivity index (χ2n) is 5.62. The topological polar surface area (TPSA) is 46.9 Å². The van der Waals surface area contributed by atoms with Gasteiger partial charge >= 0.3 is 0 Å². The first kappa shape index (κ1) is 16.3. The fraction of sp³-hybridized carbons (Fsp3) is 0.158. The molecule has 0 spiro atoms. The lowest BCUT2D eigenvalue weighted by Gasteiger charge is -2.14. The maximum Gasteiger partial charge on any atom is 0.297 e. The number of aromatic nitrogens is 2. The van der Waals surface area contributed by atoms with Gasteiger partial charge in [-0.05, 0) is 29.7 Å². The molecule has 0 saturated carbocycles. The Hall–Kier alpha value is -2.59. The van der Waals surface area contributed by atoms with E-state index in [0.29, 0.717) is 23.1 Å². The number of nitrogens with one attached hydrogen (secondary N) is 1. The number of nitrogens with zero attached hydrogens (tertiary/aromatic N) is 2. The van der Waals surface area contributed by atoms with Gasteiger partial charge in [0.1, 0.15) is 0 Å². The summed E-state index contributed by atoms with van der Waals surface area (Å²) in [7, 11) is 0. The summed E-state index contributed by atoms with van der Waals surface area (Å²) in [5, 5.41) is 3.75. The molecule has 1 atom stereocenters. The fourth-order valence-electron chi connectivity index (χ4n) is 2.51. The van der Waals surface area contributed by atoms with Gasteiger partial charge in [0, 0.05) is 24.0 Å². The largest absolute Gasteiger partial charge is 0.365 e. The van der Waals surface area contributed by atoms with Crippen molar-refractivity contribution in [1.82, 2.24) is 9.55 Å². The first-order valence-electron chi connectivity index (χ1n) is 7.77. The smallest absolute Gasteiger partial charge is 0.297 e. The molecule has 0 aliphatic carbocycles. The van der Waals surface area contributed by atoms with Crippen molar-refractivity contribution in [2.75, 3.05) is 11.9 Å². The van der Waals surface area contributed by atoms with Crippen LogP contribution in [0.1, 0.15) is 18.4 Å². The third kappa shape index (κ3) is 3.66. The zero-order chi connectivity index (χ0) is 16.9. The van der Waals surface area contributed by atoms with Crippen molar-refractivity contribution in [2.45, 2.75) is 12.8 Å². The minimum Gasteiger partial charge on any atom is -0.365 e. The van der Waals surface area contributed by atoms with Gasteiger partial charge in [-0.25, -0.2) is 4.98 Å². The Morgan fingerprint density at radius 3 is 2.71 bits per heavy atom. The minimum atomic E-state index is -0.194. The number of anilines is 1. The Morgan fingerprint density at radius 1 is 1.17 bits per heavy atom. The van der Waals surface area contributed by atoms with Crippen LogP contribution < -0.4 is 10.9 Å². The summed E-state index contributed by atoms with van der Waals surface area (Å²) in [6, 6.07) is 17.4. The lowest BCUT2D eigenvalue weighted by atomic mass is 10.0. The maximum absolute atomic E-state index is 12.6. The molecule has 0 unspecified atom stereocenters. The molecule has 0 aliphatic rings. The molecule has 2 aromatic carbocycles. The first-order valence-corrected chi connectivity index (χ1v) is 8.15. The van der Waals surface area contributed by atoms with Crippen molar-refractivity contribution in [3.05, 3.63) is 87.9 Å². The Labute approximate surface area is 145 Å². The number of halogens is 1. The van der Waals surface area contributed by atoms with Crippen molar-refractivity contribution >= 4 is 17.4 Å². The predicted molar refractivity (Wildman–Crippen MR) is 98.2 cm³/mol. The Morgan fingerprint density at radius 2 is 1.96 bits per heavy atom. The van der Waals surface area contributed by atoms with Crippen LogP contribution in [0.3, 0.4) is 0 Å². The van der Waals surface area contributed by atoms with Crippen molar-refractivity contribution in [3.63, 3.8) is 0 Å². The van der Waals surface area contributed by atoms with E-state index in [2.05, 4.69) is 29.4 Å². The first-order chi connectivity index (χ1) is 11.6. The van der Waals surface area contributed by atoms with Gasteiger partial charge in [0.2, 0.25) is 0 Å². The zero-order valence-corrected chi connectivity index (χ0v) is 14.1. The third-order valence-electron chi connectivity index (χ3n) is 3.87. The highest BCUT2D eigenvalue weighted by Crippen LogP contribution is 2.15. The van der Waals surface area contributed by atoms with Crippen LogP contribution in [0.15, 0.2) is 71.8 Å². The van der Waals surface area contributed by atoms with Gasteiger partial charge in [-0.1, -0.05) is 54.9 Å². The normalized spacial score (nSPS) is 11.9. The molecular weight excluding hydrogens is 322 g/mol. The lowest BCUT2D eigenvalue weighted by Crippen LogP contribution is -2.24. The summed E-state index contributed by atoms with van der Waals surface area (Å²) in [6.07, 6.45) is 3.25. The molecule has 122 valence electrons. The van der Waals surface area contributed by atoms with Crippen LogP contribution in [-0.4, -0.2) is 16.1 Å². The van der Waals surface area contributed by atoms with E-state index in [0.717, 1.165) is 0 Å². The highest BCUT2D eigenvalue weighted by atomic mass is 35.5. The number of hydrogen-bond donors (Lipinski definition) is 1. The van der Waals surface area contributed by atoms with Gasteiger partial charge in [0.15, 0.2) is 5.82 Å². The quantitative estimate of drug-likeness (QED) is 0.761. The summed E-state index contributed by atoms with van der Waals surface area (Å²) < 4.78 is 1.54. The molecule has 1 heterocycles. The Balaban J connectivity index is 1.80. The molecule has 3 rings (SSSR count). The van der Waals surface area contributed by atoms with Gasteiger partial charge in [0.25, 0.3) is 5.56 Å². The standard InChI is InChI=1S/C19H18ClN3O/c1-14(15-6-3-2-4-7-15)13-22-18-19(24)23(11-10-21-18)17-9-5-8-16(20)12-17/h2-12,14H,13H2,1H3,(H,21,22)/t14-/m1/s1. The summed E-state index contributed by atoms with van der Waals surface area (Å²) in [5.74, 6) is 0.604. The van der Waals surface area contributed by atoms with Crippen LogP contribution >= 0.6 is 11.6 Å². The van der Waals surface area contributed by atoms with E-state index < -0.39 is 0 Å². The Bertz CT molecular complexity index is 877. The average molecular weight is 340 g/mol. The average Bonchev–Trinajstić information content (AvgIpc) is 2.61. The third-order valence-corrected chi connectivity index (χ3v) is 4.11. The van der Waals surface area contributed by atoms with E-state index in [9.17, 15) is 4.79 Å². The molecule has 0 radical (unpaired) electrons. The van der Waals surface area contributed by atoms with E-state index >= 15 is 0 Å². The number of benzene rings is 2. The van der Waals surface area contributed by atoms with Gasteiger partial charge < -0.3 is 5.32 Å². The van der Waals surface area contributed by atoms with Gasteiger partial charge in [-0.3, -0.25) is 9.36 Å². The second kappa shape index (κ2) is 7.32. The van der Waals surface area contributed by atoms with E-state index in [4.69, 9.17) is 11.6 Å². The summed E-state index contributed by atoms with van der Waals surface area (Å²) in [6.45, 7) is 2.74. The van der Waals surface area contributed by atoms with Crippen LogP contribution in [0.5, 0.6) is 0 Å². The van der Waals surface area contributed by atoms with Gasteiger partial charge in [-0.2, -0.15) is 0 Å². The molecule has 0 fully saturated rings. The van der Waals surface area contributed by atoms with Crippen molar-refractivity contribution < 1.29 is 0 Å². The zero-order valence-electron chi connectivity index (χ0n) is 13.3. The Kier molecular flexibility index (Phi) is 4.96. The highest BCUT2D eigenvalue weighted by Gasteiger charge is 2.09. The van der Waals surface area contributed by atoms with Gasteiger partial charge in [0.05, 0.1) is 5.69 Å². The summed E-state index contributed by atoms with van der Waals surface area (Å²) >= 11 is 6.01. The minimum absolute atomic E-state index is 0.194. The van der Waals surface area contributed by atoms with Crippen molar-refractivity contribution in [2.24, 2.45) is 0 Å². The molecule has 5 heteroatoms. The molecule has 0 amide bonds. The molecule has 0 aliphatic heterocycles. The number of hydrogen-bond acceptors (Lipinski definition) is 3. The maximum atomic E-state index is 12.6. The van der Waals surface area contributed by atoms with Gasteiger partial charge in [-0.15, -0.1) is 0 Å². The molecule has 24 heavy (non-hydrogen) atoms. The van der Waals surface area contributed by atoms with Crippen LogP contribution in [0.2, 0.25) is 5.02 Å². The van der Waals surface area contributed by atoms with E-state index in [1.54, 1.807) is 24.5 Å². The van der Waals surface area contributed by atoms with Crippen LogP contribution in [0.25, 0.3) is 5.69 Å². The van der Waals surface area contributed by atoms with E-state index in [-0.39, 0.29) is 11.5 Å². The molecule has 4 nitrogen and oxygen atoms in total. The highest BCUT2D eigenvalue weighted by molar-refractivity contribution is 6.30. The lowest BCUT2D eigenvalue weighted by molar-refractivity contribution is 0.796. The SMILES string of the molecule is C[C@H](CNc1nccn(-c2cccc(Cl)c2)c1=O)c1ccccc1. The molecular formula is C19H18ClN3O. The summed E-state index contributed by atoms with van der Waals surface area (Å²) in [4.78, 5) is 16.8. The predicted octanol–water partition coefficient (Wildman–Crippen LogP) is 4.10. The van der Waals surface area contributed by atoms with E-state index in [1.807, 2.05) is 30.3 Å². The van der Waals surface area contributed by atoms with Crippen LogP contribution in [0.4, 0.5) is 5.82 Å². The molecule has 1 N–H and O–H groups in total. The van der Waals surface area contributed by atoms with E-state index in [1.165, 1.54) is 10.1 Å². The van der Waals surface area contributed by atoms with Crippen LogP contribution in [0, 0.1) is 0 Å². The van der Waals surface area contributed by atoms with Crippen LogP contribution in [-0.2, 0) is 0 Å². The fourth-order valence-corrected chi connectivity index (χ4v) is 2.70. The second-order valence-corrected chi connectivity index (χ2v) is 6.06. The molecule has 0 bridgehead atoms. The molecule has 0 saturated heterocycles. The number of rotatable bonds is 5.